The molecule has 0 aliphatic rings. The van der Waals surface area contributed by atoms with Gasteiger partial charge in [-0.05, 0) is 50.6 Å². The molecule has 0 saturated carbocycles. The Hall–Kier alpha value is -0.730. The first kappa shape index (κ1) is 15.2. The van der Waals surface area contributed by atoms with Gasteiger partial charge in [0.2, 0.25) is 0 Å². The molecule has 0 saturated heterocycles. The zero-order valence-corrected chi connectivity index (χ0v) is 14.6. The van der Waals surface area contributed by atoms with E-state index in [2.05, 4.69) is 15.9 Å². The van der Waals surface area contributed by atoms with Gasteiger partial charge in [0.1, 0.15) is 0 Å². The van der Waals surface area contributed by atoms with Crippen molar-refractivity contribution in [2.24, 2.45) is 0 Å². The van der Waals surface area contributed by atoms with Crippen molar-refractivity contribution in [3.05, 3.63) is 80.2 Å². The number of fused-ring (bicyclic) bond motifs is 1. The average Bonchev–Trinajstić information content (AvgIpc) is 2.50. The van der Waals surface area contributed by atoms with Gasteiger partial charge in [-0.1, -0.05) is 59.6 Å². The van der Waals surface area contributed by atoms with E-state index in [-0.39, 0.29) is 5.38 Å². The second-order valence-electron chi connectivity index (χ2n) is 4.72. The van der Waals surface area contributed by atoms with Crippen LogP contribution in [0.1, 0.15) is 16.5 Å². The lowest BCUT2D eigenvalue weighted by molar-refractivity contribution is 1.16. The summed E-state index contributed by atoms with van der Waals surface area (Å²) in [5, 5.41) is 3.16. The van der Waals surface area contributed by atoms with E-state index >= 15 is 0 Å². The van der Waals surface area contributed by atoms with E-state index in [1.165, 1.54) is 0 Å². The van der Waals surface area contributed by atoms with Crippen molar-refractivity contribution in [2.75, 3.05) is 0 Å². The second kappa shape index (κ2) is 6.18. The first-order chi connectivity index (χ1) is 10.1. The van der Waals surface area contributed by atoms with E-state index in [9.17, 15) is 0 Å². The highest BCUT2D eigenvalue weighted by molar-refractivity contribution is 9.10. The number of benzene rings is 3. The predicted molar refractivity (Wildman–Crippen MR) is 95.8 cm³/mol. The van der Waals surface area contributed by atoms with Gasteiger partial charge in [0.15, 0.2) is 0 Å². The largest absolute Gasteiger partial charge is 0.113 e. The average molecular weight is 401 g/mol. The summed E-state index contributed by atoms with van der Waals surface area (Å²) in [6.07, 6.45) is 0. The Kier molecular flexibility index (Phi) is 4.46. The van der Waals surface area contributed by atoms with Crippen LogP contribution in [0.4, 0.5) is 0 Å². The Labute approximate surface area is 146 Å². The van der Waals surface area contributed by atoms with Crippen LogP contribution in [0.25, 0.3) is 10.8 Å². The maximum atomic E-state index is 6.67. The third kappa shape index (κ3) is 2.93. The summed E-state index contributed by atoms with van der Waals surface area (Å²) in [4.78, 5) is 0. The van der Waals surface area contributed by atoms with Crippen molar-refractivity contribution in [3.63, 3.8) is 0 Å². The molecule has 1 unspecified atom stereocenters. The Morgan fingerprint density at radius 2 is 1.52 bits per heavy atom. The van der Waals surface area contributed by atoms with Crippen molar-refractivity contribution in [1.82, 2.24) is 0 Å². The summed E-state index contributed by atoms with van der Waals surface area (Å²) in [6, 6.07) is 17.6. The minimum atomic E-state index is -0.280. The zero-order valence-electron chi connectivity index (χ0n) is 10.8. The van der Waals surface area contributed by atoms with Gasteiger partial charge in [0.05, 0.1) is 10.4 Å². The van der Waals surface area contributed by atoms with Crippen LogP contribution >= 0.6 is 50.7 Å². The van der Waals surface area contributed by atoms with Gasteiger partial charge in [-0.15, -0.1) is 11.6 Å². The summed E-state index contributed by atoms with van der Waals surface area (Å²) in [5.74, 6) is 0. The van der Waals surface area contributed by atoms with Gasteiger partial charge in [-0.3, -0.25) is 0 Å². The molecule has 3 aromatic carbocycles. The summed E-state index contributed by atoms with van der Waals surface area (Å²) in [5.41, 5.74) is 1.98. The van der Waals surface area contributed by atoms with Crippen LogP contribution in [0.5, 0.6) is 0 Å². The molecule has 106 valence electrons. The van der Waals surface area contributed by atoms with Crippen LogP contribution in [0.2, 0.25) is 10.0 Å². The summed E-state index contributed by atoms with van der Waals surface area (Å²) in [7, 11) is 0. The van der Waals surface area contributed by atoms with Crippen LogP contribution in [0.15, 0.2) is 59.1 Å². The molecule has 1 atom stereocenters. The van der Waals surface area contributed by atoms with Crippen LogP contribution in [-0.2, 0) is 0 Å². The molecule has 21 heavy (non-hydrogen) atoms. The Morgan fingerprint density at radius 1 is 0.810 bits per heavy atom. The van der Waals surface area contributed by atoms with E-state index < -0.39 is 0 Å². The number of halogens is 4. The Morgan fingerprint density at radius 3 is 2.24 bits per heavy atom. The minimum absolute atomic E-state index is 0.280. The maximum Gasteiger partial charge on any atom is 0.0841 e. The summed E-state index contributed by atoms with van der Waals surface area (Å²) < 4.78 is 0.859. The van der Waals surface area contributed by atoms with E-state index in [4.69, 9.17) is 34.8 Å². The van der Waals surface area contributed by atoms with Crippen molar-refractivity contribution in [2.45, 2.75) is 5.38 Å². The topological polar surface area (TPSA) is 0 Å². The first-order valence-corrected chi connectivity index (χ1v) is 8.32. The van der Waals surface area contributed by atoms with Gasteiger partial charge >= 0.3 is 0 Å². The first-order valence-electron chi connectivity index (χ1n) is 6.34. The molecule has 0 spiro atoms. The molecular formula is C17H10BrCl3. The number of hydrogen-bond donors (Lipinski definition) is 0. The van der Waals surface area contributed by atoms with Gasteiger partial charge in [0.25, 0.3) is 0 Å². The molecule has 3 aromatic rings. The number of rotatable bonds is 2. The SMILES string of the molecule is Clc1cc(C(Cl)c2ccc(Cl)c3ccccc23)ccc1Br. The molecular weight excluding hydrogens is 390 g/mol. The molecule has 0 aliphatic carbocycles. The zero-order chi connectivity index (χ0) is 15.0. The fraction of sp³-hybridized carbons (Fsp3) is 0.0588. The lowest BCUT2D eigenvalue weighted by Crippen LogP contribution is -1.95. The third-order valence-electron chi connectivity index (χ3n) is 3.41. The van der Waals surface area contributed by atoms with Gasteiger partial charge < -0.3 is 0 Å². The molecule has 0 aromatic heterocycles. The molecule has 0 heterocycles. The fourth-order valence-electron chi connectivity index (χ4n) is 2.36. The normalized spacial score (nSPS) is 12.6. The summed E-state index contributed by atoms with van der Waals surface area (Å²) >= 11 is 22.5. The lowest BCUT2D eigenvalue weighted by atomic mass is 9.98. The van der Waals surface area contributed by atoms with Gasteiger partial charge in [0, 0.05) is 14.9 Å². The van der Waals surface area contributed by atoms with E-state index in [1.807, 2.05) is 54.6 Å². The van der Waals surface area contributed by atoms with Crippen LogP contribution in [0, 0.1) is 0 Å². The smallest absolute Gasteiger partial charge is 0.0841 e. The molecule has 0 bridgehead atoms. The summed E-state index contributed by atoms with van der Waals surface area (Å²) in [6.45, 7) is 0. The highest BCUT2D eigenvalue weighted by atomic mass is 79.9. The van der Waals surface area contributed by atoms with Crippen molar-refractivity contribution in [1.29, 1.82) is 0 Å². The lowest BCUT2D eigenvalue weighted by Gasteiger charge is -2.15. The van der Waals surface area contributed by atoms with Crippen molar-refractivity contribution < 1.29 is 0 Å². The third-order valence-corrected chi connectivity index (χ3v) is 5.46. The second-order valence-corrected chi connectivity index (χ2v) is 6.82. The van der Waals surface area contributed by atoms with Crippen molar-refractivity contribution >= 4 is 61.5 Å². The highest BCUT2D eigenvalue weighted by Gasteiger charge is 2.16. The van der Waals surface area contributed by atoms with Crippen LogP contribution in [-0.4, -0.2) is 0 Å². The maximum absolute atomic E-state index is 6.67. The van der Waals surface area contributed by atoms with E-state index in [1.54, 1.807) is 0 Å². The standard InChI is InChI=1S/C17H10BrCl3/c18-14-7-5-10(9-16(14)20)17(21)13-6-8-15(19)12-4-2-1-3-11(12)13/h1-9,17H. The fourth-order valence-corrected chi connectivity index (χ4v) is 3.35. The number of alkyl halides is 1. The molecule has 0 amide bonds. The van der Waals surface area contributed by atoms with E-state index in [0.29, 0.717) is 5.02 Å². The molecule has 4 heteroatoms. The monoisotopic (exact) mass is 398 g/mol. The van der Waals surface area contributed by atoms with E-state index in [0.717, 1.165) is 31.4 Å². The molecule has 0 fully saturated rings. The Balaban J connectivity index is 2.15. The quantitative estimate of drug-likeness (QED) is 0.398. The molecule has 0 aliphatic heterocycles. The molecule has 3 rings (SSSR count). The van der Waals surface area contributed by atoms with Crippen LogP contribution in [0.3, 0.4) is 0 Å². The van der Waals surface area contributed by atoms with Gasteiger partial charge in [-0.2, -0.15) is 0 Å². The van der Waals surface area contributed by atoms with Crippen LogP contribution < -0.4 is 0 Å². The minimum Gasteiger partial charge on any atom is -0.113 e. The predicted octanol–water partition coefficient (Wildman–Crippen LogP) is 7.24. The van der Waals surface area contributed by atoms with Gasteiger partial charge in [-0.25, -0.2) is 0 Å². The highest BCUT2D eigenvalue weighted by Crippen LogP contribution is 2.38. The molecule has 0 N–H and O–H groups in total. The molecule has 0 radical (unpaired) electrons. The molecule has 0 nitrogen and oxygen atoms in total. The number of hydrogen-bond acceptors (Lipinski definition) is 0. The Bertz CT molecular complexity index is 814. The van der Waals surface area contributed by atoms with Crippen molar-refractivity contribution in [3.8, 4) is 0 Å².